The third-order valence-electron chi connectivity index (χ3n) is 3.00. The van der Waals surface area contributed by atoms with E-state index in [9.17, 15) is 14.4 Å². The molecule has 0 aliphatic rings. The average molecular weight is 321 g/mol. The predicted molar refractivity (Wildman–Crippen MR) is 86.1 cm³/mol. The molecule has 6 nitrogen and oxygen atoms in total. The Hall–Kier alpha value is -2.37. The Morgan fingerprint density at radius 3 is 2.30 bits per heavy atom. The number of ether oxygens (including phenoxy) is 2. The van der Waals surface area contributed by atoms with E-state index in [-0.39, 0.29) is 24.7 Å². The standard InChI is InChI=1S/C17H23NO5/c1-3-5-12-23-17(21)13-6-8-14(9-7-13)18-15(19)10-11-16(20)22-4-2/h6-9H,3-5,10-12H2,1-2H3,(H,18,19). The summed E-state index contributed by atoms with van der Waals surface area (Å²) in [7, 11) is 0. The van der Waals surface area contributed by atoms with Crippen LogP contribution in [-0.2, 0) is 19.1 Å². The molecular weight excluding hydrogens is 298 g/mol. The molecule has 0 saturated heterocycles. The van der Waals surface area contributed by atoms with Crippen molar-refractivity contribution in [3.05, 3.63) is 29.8 Å². The highest BCUT2D eigenvalue weighted by Crippen LogP contribution is 2.11. The van der Waals surface area contributed by atoms with Crippen LogP contribution in [0.5, 0.6) is 0 Å². The van der Waals surface area contributed by atoms with E-state index in [2.05, 4.69) is 5.32 Å². The van der Waals surface area contributed by atoms with Crippen LogP contribution in [0.2, 0.25) is 0 Å². The summed E-state index contributed by atoms with van der Waals surface area (Å²) in [6.45, 7) is 4.44. The third-order valence-corrected chi connectivity index (χ3v) is 3.00. The minimum absolute atomic E-state index is 0.0432. The Balaban J connectivity index is 2.42. The molecule has 1 aromatic rings. The second-order valence-electron chi connectivity index (χ2n) is 4.92. The predicted octanol–water partition coefficient (Wildman–Crippen LogP) is 2.93. The maximum absolute atomic E-state index is 11.7. The van der Waals surface area contributed by atoms with E-state index in [1.54, 1.807) is 31.2 Å². The first-order valence-electron chi connectivity index (χ1n) is 7.79. The molecule has 6 heteroatoms. The van der Waals surface area contributed by atoms with Gasteiger partial charge in [0.2, 0.25) is 5.91 Å². The number of benzene rings is 1. The molecule has 0 aromatic heterocycles. The zero-order valence-corrected chi connectivity index (χ0v) is 13.6. The SMILES string of the molecule is CCCCOC(=O)c1ccc(NC(=O)CCC(=O)OCC)cc1. The number of amides is 1. The van der Waals surface area contributed by atoms with Crippen molar-refractivity contribution < 1.29 is 23.9 Å². The molecule has 0 heterocycles. The van der Waals surface area contributed by atoms with Crippen molar-refractivity contribution >= 4 is 23.5 Å². The second-order valence-corrected chi connectivity index (χ2v) is 4.92. The minimum Gasteiger partial charge on any atom is -0.466 e. The van der Waals surface area contributed by atoms with Gasteiger partial charge >= 0.3 is 11.9 Å². The van der Waals surface area contributed by atoms with Crippen molar-refractivity contribution in [1.29, 1.82) is 0 Å². The topological polar surface area (TPSA) is 81.7 Å². The zero-order chi connectivity index (χ0) is 17.1. The highest BCUT2D eigenvalue weighted by Gasteiger charge is 2.09. The maximum atomic E-state index is 11.7. The molecule has 0 fully saturated rings. The maximum Gasteiger partial charge on any atom is 0.338 e. The molecule has 1 N–H and O–H groups in total. The fraction of sp³-hybridized carbons (Fsp3) is 0.471. The van der Waals surface area contributed by atoms with E-state index >= 15 is 0 Å². The number of carbonyl (C=O) groups excluding carboxylic acids is 3. The smallest absolute Gasteiger partial charge is 0.338 e. The van der Waals surface area contributed by atoms with Crippen LogP contribution < -0.4 is 5.32 Å². The summed E-state index contributed by atoms with van der Waals surface area (Å²) in [5.41, 5.74) is 0.995. The van der Waals surface area contributed by atoms with Crippen LogP contribution in [0.1, 0.15) is 49.9 Å². The Morgan fingerprint density at radius 1 is 1.00 bits per heavy atom. The Kier molecular flexibility index (Phi) is 8.42. The van der Waals surface area contributed by atoms with Gasteiger partial charge in [-0.25, -0.2) is 4.79 Å². The second kappa shape index (κ2) is 10.4. The Labute approximate surface area is 136 Å². The lowest BCUT2D eigenvalue weighted by molar-refractivity contribution is -0.144. The molecule has 0 atom stereocenters. The van der Waals surface area contributed by atoms with Gasteiger partial charge in [-0.15, -0.1) is 0 Å². The lowest BCUT2D eigenvalue weighted by atomic mass is 10.2. The van der Waals surface area contributed by atoms with Crippen molar-refractivity contribution in [3.63, 3.8) is 0 Å². The van der Waals surface area contributed by atoms with Gasteiger partial charge in [0.25, 0.3) is 0 Å². The van der Waals surface area contributed by atoms with E-state index in [1.807, 2.05) is 6.92 Å². The molecule has 0 radical (unpaired) electrons. The molecule has 1 aromatic carbocycles. The molecule has 0 bridgehead atoms. The summed E-state index contributed by atoms with van der Waals surface area (Å²) in [5, 5.41) is 2.66. The van der Waals surface area contributed by atoms with Crippen molar-refractivity contribution in [2.24, 2.45) is 0 Å². The minimum atomic E-state index is -0.396. The van der Waals surface area contributed by atoms with Crippen LogP contribution in [0.3, 0.4) is 0 Å². The lowest BCUT2D eigenvalue weighted by Crippen LogP contribution is -2.14. The summed E-state index contributed by atoms with van der Waals surface area (Å²) >= 11 is 0. The van der Waals surface area contributed by atoms with Crippen molar-refractivity contribution in [2.75, 3.05) is 18.5 Å². The summed E-state index contributed by atoms with van der Waals surface area (Å²) in [5.74, 6) is -1.05. The first-order chi connectivity index (χ1) is 11.1. The van der Waals surface area contributed by atoms with Gasteiger partial charge < -0.3 is 14.8 Å². The zero-order valence-electron chi connectivity index (χ0n) is 13.6. The van der Waals surface area contributed by atoms with E-state index < -0.39 is 5.97 Å². The summed E-state index contributed by atoms with van der Waals surface area (Å²) in [6, 6.07) is 6.43. The van der Waals surface area contributed by atoms with E-state index in [1.165, 1.54) is 0 Å². The van der Waals surface area contributed by atoms with Gasteiger partial charge in [0.15, 0.2) is 0 Å². The van der Waals surface area contributed by atoms with Gasteiger partial charge in [-0.05, 0) is 37.6 Å². The van der Waals surface area contributed by atoms with Crippen LogP contribution in [0, 0.1) is 0 Å². The molecule has 0 spiro atoms. The summed E-state index contributed by atoms with van der Waals surface area (Å²) in [6.07, 6.45) is 1.89. The molecule has 126 valence electrons. The molecule has 1 amide bonds. The number of anilines is 1. The molecule has 0 aliphatic heterocycles. The van der Waals surface area contributed by atoms with Crippen LogP contribution in [0.25, 0.3) is 0 Å². The normalized spacial score (nSPS) is 10.0. The fourth-order valence-corrected chi connectivity index (χ4v) is 1.75. The average Bonchev–Trinajstić information content (AvgIpc) is 2.54. The lowest BCUT2D eigenvalue weighted by Gasteiger charge is -2.07. The number of unbranched alkanes of at least 4 members (excludes halogenated alkanes) is 1. The molecule has 0 saturated carbocycles. The molecule has 23 heavy (non-hydrogen) atoms. The van der Waals surface area contributed by atoms with Gasteiger partial charge in [0, 0.05) is 12.1 Å². The van der Waals surface area contributed by atoms with Gasteiger partial charge in [0.05, 0.1) is 25.2 Å². The van der Waals surface area contributed by atoms with Gasteiger partial charge in [-0.2, -0.15) is 0 Å². The molecular formula is C17H23NO5. The molecule has 0 aliphatic carbocycles. The molecule has 1 rings (SSSR count). The Morgan fingerprint density at radius 2 is 1.70 bits per heavy atom. The fourth-order valence-electron chi connectivity index (χ4n) is 1.75. The van der Waals surface area contributed by atoms with Crippen LogP contribution in [0.15, 0.2) is 24.3 Å². The quantitative estimate of drug-likeness (QED) is 0.558. The highest BCUT2D eigenvalue weighted by molar-refractivity contribution is 5.94. The first-order valence-corrected chi connectivity index (χ1v) is 7.79. The van der Waals surface area contributed by atoms with Crippen LogP contribution >= 0.6 is 0 Å². The van der Waals surface area contributed by atoms with Crippen molar-refractivity contribution in [1.82, 2.24) is 0 Å². The van der Waals surface area contributed by atoms with Gasteiger partial charge in [-0.1, -0.05) is 13.3 Å². The first kappa shape index (κ1) is 18.7. The number of carbonyl (C=O) groups is 3. The van der Waals surface area contributed by atoms with Crippen molar-refractivity contribution in [2.45, 2.75) is 39.5 Å². The summed E-state index contributed by atoms with van der Waals surface area (Å²) in [4.78, 5) is 34.6. The largest absolute Gasteiger partial charge is 0.466 e. The monoisotopic (exact) mass is 321 g/mol. The number of rotatable bonds is 9. The molecule has 0 unspecified atom stereocenters. The van der Waals surface area contributed by atoms with Crippen LogP contribution in [-0.4, -0.2) is 31.1 Å². The van der Waals surface area contributed by atoms with Gasteiger partial charge in [-0.3, -0.25) is 9.59 Å². The van der Waals surface area contributed by atoms with Gasteiger partial charge in [0.1, 0.15) is 0 Å². The number of hydrogen-bond acceptors (Lipinski definition) is 5. The number of nitrogens with one attached hydrogen (secondary N) is 1. The van der Waals surface area contributed by atoms with E-state index in [0.29, 0.717) is 24.5 Å². The van der Waals surface area contributed by atoms with E-state index in [0.717, 1.165) is 12.8 Å². The highest BCUT2D eigenvalue weighted by atomic mass is 16.5. The van der Waals surface area contributed by atoms with Crippen LogP contribution in [0.4, 0.5) is 5.69 Å². The number of esters is 2. The summed E-state index contributed by atoms with van der Waals surface area (Å²) < 4.78 is 9.85. The third kappa shape index (κ3) is 7.44. The number of hydrogen-bond donors (Lipinski definition) is 1. The van der Waals surface area contributed by atoms with E-state index in [4.69, 9.17) is 9.47 Å². The Bertz CT molecular complexity index is 524. The van der Waals surface area contributed by atoms with Crippen molar-refractivity contribution in [3.8, 4) is 0 Å².